The van der Waals surface area contributed by atoms with Gasteiger partial charge < -0.3 is 24.8 Å². The van der Waals surface area contributed by atoms with Crippen molar-refractivity contribution in [2.75, 3.05) is 32.7 Å². The van der Waals surface area contributed by atoms with Gasteiger partial charge in [0.05, 0.1) is 18.8 Å². The average Bonchev–Trinajstić information content (AvgIpc) is 3.89. The number of hydrogen-bond acceptors (Lipinski definition) is 6. The van der Waals surface area contributed by atoms with Gasteiger partial charge in [0.2, 0.25) is 5.82 Å². The maximum atomic E-state index is 14.2. The number of aliphatic hydroxyl groups is 1. The van der Waals surface area contributed by atoms with Gasteiger partial charge in [-0.2, -0.15) is 0 Å². The van der Waals surface area contributed by atoms with Gasteiger partial charge in [0.15, 0.2) is 29.6 Å². The molecule has 0 spiro atoms. The molecule has 3 saturated heterocycles. The van der Waals surface area contributed by atoms with Crippen LogP contribution in [0.25, 0.3) is 11.1 Å². The molecular formula is C42H44F5N3O4. The Bertz CT molecular complexity index is 1930. The van der Waals surface area contributed by atoms with Gasteiger partial charge >= 0.3 is 0 Å². The van der Waals surface area contributed by atoms with Gasteiger partial charge in [-0.05, 0) is 85.3 Å². The molecule has 54 heavy (non-hydrogen) atoms. The monoisotopic (exact) mass is 749 g/mol. The van der Waals surface area contributed by atoms with Gasteiger partial charge in [0.25, 0.3) is 5.91 Å². The van der Waals surface area contributed by atoms with Crippen LogP contribution in [0.5, 0.6) is 0 Å². The summed E-state index contributed by atoms with van der Waals surface area (Å²) < 4.78 is 82.9. The standard InChI is InChI=1S/C42H44F5N3O4/c1-25-33(23-50-18-6-11-32(50)22-49-16-2-3-17-49)53-42(54-40(25)28-14-12-26(24-51)13-15-28)31-10-5-9-30(20-31)29-8-4-7-27(19-29)21-48-41(52)34-35(43)37(45)39(47)38(46)36(34)44/h4-5,7-10,12-15,19-20,25,32-33,40,42,51H,2-3,6,11,16-18,21-24H2,1H3,(H,48,52)/t25-,32-,33+,40+,42+/m0/s1. The molecule has 0 unspecified atom stereocenters. The van der Waals surface area contributed by atoms with E-state index in [1.54, 1.807) is 18.2 Å². The van der Waals surface area contributed by atoms with Crippen molar-refractivity contribution in [3.8, 4) is 11.1 Å². The average molecular weight is 750 g/mol. The number of ether oxygens (including phenoxy) is 2. The Morgan fingerprint density at radius 3 is 2.13 bits per heavy atom. The molecule has 3 heterocycles. The molecule has 3 aliphatic heterocycles. The van der Waals surface area contributed by atoms with Crippen molar-refractivity contribution in [3.63, 3.8) is 0 Å². The van der Waals surface area contributed by atoms with Crippen molar-refractivity contribution < 1.29 is 41.3 Å². The van der Waals surface area contributed by atoms with Crippen LogP contribution < -0.4 is 5.32 Å². The van der Waals surface area contributed by atoms with Crippen LogP contribution in [0.4, 0.5) is 22.0 Å². The maximum absolute atomic E-state index is 14.2. The lowest BCUT2D eigenvalue weighted by Crippen LogP contribution is -2.48. The van der Waals surface area contributed by atoms with Gasteiger partial charge in [0.1, 0.15) is 5.56 Å². The molecule has 1 amide bonds. The summed E-state index contributed by atoms with van der Waals surface area (Å²) >= 11 is 0. The van der Waals surface area contributed by atoms with Crippen LogP contribution in [0.15, 0.2) is 72.8 Å². The van der Waals surface area contributed by atoms with Crippen molar-refractivity contribution in [2.24, 2.45) is 5.92 Å². The molecule has 4 aromatic rings. The Kier molecular flexibility index (Phi) is 11.8. The molecule has 3 aliphatic rings. The minimum Gasteiger partial charge on any atom is -0.392 e. The quantitative estimate of drug-likeness (QED) is 0.0926. The fraction of sp³-hybridized carbons (Fsp3) is 0.405. The van der Waals surface area contributed by atoms with Crippen LogP contribution >= 0.6 is 0 Å². The number of hydrogen-bond donors (Lipinski definition) is 2. The Balaban J connectivity index is 1.10. The van der Waals surface area contributed by atoms with Crippen LogP contribution in [0.2, 0.25) is 0 Å². The third-order valence-corrected chi connectivity index (χ3v) is 11.0. The highest BCUT2D eigenvalue weighted by Gasteiger charge is 2.41. The smallest absolute Gasteiger partial charge is 0.257 e. The number of aliphatic hydroxyl groups excluding tert-OH is 1. The van der Waals surface area contributed by atoms with E-state index in [9.17, 15) is 31.9 Å². The van der Waals surface area contributed by atoms with E-state index in [0.717, 1.165) is 67.0 Å². The van der Waals surface area contributed by atoms with Crippen molar-refractivity contribution >= 4 is 5.91 Å². The zero-order valence-electron chi connectivity index (χ0n) is 30.0. The van der Waals surface area contributed by atoms with E-state index in [1.165, 1.54) is 19.3 Å². The molecule has 2 N–H and O–H groups in total. The summed E-state index contributed by atoms with van der Waals surface area (Å²) in [6.45, 7) is 7.10. The molecule has 0 saturated carbocycles. The lowest BCUT2D eigenvalue weighted by atomic mass is 9.89. The van der Waals surface area contributed by atoms with Crippen LogP contribution in [-0.4, -0.2) is 65.7 Å². The number of halogens is 5. The minimum absolute atomic E-state index is 0.0363. The summed E-state index contributed by atoms with van der Waals surface area (Å²) in [4.78, 5) is 17.7. The molecule has 5 atom stereocenters. The summed E-state index contributed by atoms with van der Waals surface area (Å²) in [6, 6.07) is 23.1. The molecule has 4 aromatic carbocycles. The number of nitrogens with one attached hydrogen (secondary N) is 1. The van der Waals surface area contributed by atoms with Crippen LogP contribution in [-0.2, 0) is 22.6 Å². The summed E-state index contributed by atoms with van der Waals surface area (Å²) in [5, 5.41) is 11.9. The first-order valence-corrected chi connectivity index (χ1v) is 18.6. The van der Waals surface area contributed by atoms with E-state index < -0.39 is 46.8 Å². The van der Waals surface area contributed by atoms with Gasteiger partial charge in [-0.15, -0.1) is 0 Å². The van der Waals surface area contributed by atoms with Crippen molar-refractivity contribution in [2.45, 2.75) is 70.3 Å². The molecule has 0 bridgehead atoms. The highest BCUT2D eigenvalue weighted by atomic mass is 19.2. The molecule has 12 heteroatoms. The van der Waals surface area contributed by atoms with Gasteiger partial charge in [-0.1, -0.05) is 67.6 Å². The van der Waals surface area contributed by atoms with Crippen molar-refractivity contribution in [1.82, 2.24) is 15.1 Å². The third kappa shape index (κ3) is 8.08. The first-order chi connectivity index (χ1) is 26.1. The van der Waals surface area contributed by atoms with Gasteiger partial charge in [-0.25, -0.2) is 22.0 Å². The largest absolute Gasteiger partial charge is 0.392 e. The first kappa shape index (κ1) is 38.1. The maximum Gasteiger partial charge on any atom is 0.257 e. The second-order valence-electron chi connectivity index (χ2n) is 14.6. The van der Waals surface area contributed by atoms with Crippen molar-refractivity contribution in [1.29, 1.82) is 0 Å². The molecular weight excluding hydrogens is 705 g/mol. The Morgan fingerprint density at radius 1 is 0.759 bits per heavy atom. The SMILES string of the molecule is C[C@H]1[C@@H](CN2CCC[C@H]2CN2CCCC2)O[C@@H](c2cccc(-c3cccc(CNC(=O)c4c(F)c(F)c(F)c(F)c4F)c3)c2)O[C@H]1c1ccc(CO)cc1. The summed E-state index contributed by atoms with van der Waals surface area (Å²) in [5.74, 6) is -12.5. The van der Waals surface area contributed by atoms with E-state index in [4.69, 9.17) is 9.47 Å². The Hall–Kier alpha value is -4.20. The van der Waals surface area contributed by atoms with Crippen LogP contribution in [0.1, 0.15) is 77.6 Å². The Labute approximate surface area is 311 Å². The number of likely N-dealkylation sites (tertiary alicyclic amines) is 2. The molecule has 0 radical (unpaired) electrons. The molecule has 7 nitrogen and oxygen atoms in total. The zero-order valence-corrected chi connectivity index (χ0v) is 30.0. The highest BCUT2D eigenvalue weighted by Crippen LogP contribution is 2.43. The fourth-order valence-electron chi connectivity index (χ4n) is 7.97. The molecule has 286 valence electrons. The second kappa shape index (κ2) is 16.7. The third-order valence-electron chi connectivity index (χ3n) is 11.0. The van der Waals surface area contributed by atoms with E-state index >= 15 is 0 Å². The number of amides is 1. The molecule has 7 rings (SSSR count). The summed E-state index contributed by atoms with van der Waals surface area (Å²) in [6.07, 6.45) is 3.77. The number of benzene rings is 4. The molecule has 0 aromatic heterocycles. The second-order valence-corrected chi connectivity index (χ2v) is 14.6. The van der Waals surface area contributed by atoms with E-state index in [1.807, 2.05) is 54.6 Å². The predicted molar refractivity (Wildman–Crippen MR) is 193 cm³/mol. The number of nitrogens with zero attached hydrogens (tertiary/aromatic N) is 2. The van der Waals surface area contributed by atoms with E-state index in [-0.39, 0.29) is 31.3 Å². The zero-order chi connectivity index (χ0) is 37.9. The number of carbonyl (C=O) groups is 1. The van der Waals surface area contributed by atoms with Gasteiger partial charge in [-0.3, -0.25) is 9.69 Å². The summed E-state index contributed by atoms with van der Waals surface area (Å²) in [7, 11) is 0. The highest BCUT2D eigenvalue weighted by molar-refractivity contribution is 5.94. The van der Waals surface area contributed by atoms with Crippen LogP contribution in [0, 0.1) is 35.0 Å². The first-order valence-electron chi connectivity index (χ1n) is 18.6. The molecule has 3 fully saturated rings. The lowest BCUT2D eigenvalue weighted by Gasteiger charge is -2.43. The topological polar surface area (TPSA) is 74.3 Å². The number of carbonyl (C=O) groups excluding carboxylic acids is 1. The van der Waals surface area contributed by atoms with Gasteiger partial charge in [0, 0.05) is 37.2 Å². The fourth-order valence-corrected chi connectivity index (χ4v) is 7.97. The number of rotatable bonds is 11. The van der Waals surface area contributed by atoms with E-state index in [0.29, 0.717) is 11.6 Å². The molecule has 0 aliphatic carbocycles. The predicted octanol–water partition coefficient (Wildman–Crippen LogP) is 7.82. The van der Waals surface area contributed by atoms with Crippen molar-refractivity contribution in [3.05, 3.63) is 130 Å². The van der Waals surface area contributed by atoms with Crippen LogP contribution in [0.3, 0.4) is 0 Å². The lowest BCUT2D eigenvalue weighted by molar-refractivity contribution is -0.276. The normalized spacial score (nSPS) is 23.6. The van der Waals surface area contributed by atoms with E-state index in [2.05, 4.69) is 22.0 Å². The summed E-state index contributed by atoms with van der Waals surface area (Å²) in [5.41, 5.74) is 3.21. The minimum atomic E-state index is -2.33. The Morgan fingerprint density at radius 2 is 1.43 bits per heavy atom.